The molecule has 120 valence electrons. The van der Waals surface area contributed by atoms with Crippen LogP contribution in [0.5, 0.6) is 0 Å². The molecule has 0 aliphatic rings. The lowest BCUT2D eigenvalue weighted by Gasteiger charge is -2.22. The summed E-state index contributed by atoms with van der Waals surface area (Å²) in [5.74, 6) is 0. The number of hydrogen-bond donors (Lipinski definition) is 1. The first-order valence-electron chi connectivity index (χ1n) is 8.07. The maximum absolute atomic E-state index is 5.95. The average molecular weight is 293 g/mol. The standard InChI is InChI=1S/C18H31NO2/c1-6-8-19-18(13-21-16(5)12-20-7-2)17-10-14(3)9-15(4)11-17/h9-11,16,18-19H,6-8,12-13H2,1-5H3. The number of nitrogens with one attached hydrogen (secondary N) is 1. The van der Waals surface area contributed by atoms with Crippen molar-refractivity contribution >= 4 is 0 Å². The molecule has 0 bridgehead atoms. The first-order valence-corrected chi connectivity index (χ1v) is 8.07. The van der Waals surface area contributed by atoms with Crippen molar-refractivity contribution in [2.75, 3.05) is 26.4 Å². The Morgan fingerprint density at radius 2 is 1.71 bits per heavy atom. The minimum absolute atomic E-state index is 0.127. The van der Waals surface area contributed by atoms with Gasteiger partial charge in [0.2, 0.25) is 0 Å². The molecule has 0 aliphatic carbocycles. The van der Waals surface area contributed by atoms with Crippen molar-refractivity contribution in [1.29, 1.82) is 0 Å². The predicted molar refractivity (Wildman–Crippen MR) is 88.9 cm³/mol. The summed E-state index contributed by atoms with van der Waals surface area (Å²) >= 11 is 0. The summed E-state index contributed by atoms with van der Waals surface area (Å²) in [7, 11) is 0. The third kappa shape index (κ3) is 7.07. The molecule has 0 saturated heterocycles. The maximum atomic E-state index is 5.95. The largest absolute Gasteiger partial charge is 0.379 e. The Labute approximate surface area is 130 Å². The molecule has 0 saturated carbocycles. The smallest absolute Gasteiger partial charge is 0.0781 e. The van der Waals surface area contributed by atoms with Crippen LogP contribution in [0.25, 0.3) is 0 Å². The highest BCUT2D eigenvalue weighted by Crippen LogP contribution is 2.18. The van der Waals surface area contributed by atoms with Crippen molar-refractivity contribution in [3.05, 3.63) is 34.9 Å². The molecule has 0 aliphatic heterocycles. The van der Waals surface area contributed by atoms with E-state index in [9.17, 15) is 0 Å². The van der Waals surface area contributed by atoms with E-state index in [0.29, 0.717) is 13.2 Å². The van der Waals surface area contributed by atoms with Gasteiger partial charge < -0.3 is 14.8 Å². The van der Waals surface area contributed by atoms with Crippen LogP contribution in [-0.2, 0) is 9.47 Å². The van der Waals surface area contributed by atoms with Crippen molar-refractivity contribution in [3.8, 4) is 0 Å². The molecule has 0 heterocycles. The summed E-state index contributed by atoms with van der Waals surface area (Å²) in [6.45, 7) is 13.6. The minimum atomic E-state index is 0.127. The highest BCUT2D eigenvalue weighted by molar-refractivity contribution is 5.30. The summed E-state index contributed by atoms with van der Waals surface area (Å²) in [5, 5.41) is 3.59. The maximum Gasteiger partial charge on any atom is 0.0781 e. The zero-order chi connectivity index (χ0) is 15.7. The van der Waals surface area contributed by atoms with Crippen LogP contribution in [0.3, 0.4) is 0 Å². The van der Waals surface area contributed by atoms with Gasteiger partial charge in [-0.05, 0) is 46.2 Å². The van der Waals surface area contributed by atoms with E-state index in [1.807, 2.05) is 6.92 Å². The third-order valence-electron chi connectivity index (χ3n) is 3.39. The van der Waals surface area contributed by atoms with Gasteiger partial charge in [0.15, 0.2) is 0 Å². The Balaban J connectivity index is 2.66. The Hall–Kier alpha value is -0.900. The van der Waals surface area contributed by atoms with Gasteiger partial charge in [0.25, 0.3) is 0 Å². The lowest BCUT2D eigenvalue weighted by molar-refractivity contribution is -0.0116. The van der Waals surface area contributed by atoms with E-state index in [1.54, 1.807) is 0 Å². The Morgan fingerprint density at radius 3 is 2.29 bits per heavy atom. The van der Waals surface area contributed by atoms with Gasteiger partial charge >= 0.3 is 0 Å². The molecule has 21 heavy (non-hydrogen) atoms. The van der Waals surface area contributed by atoms with Gasteiger partial charge in [0.1, 0.15) is 0 Å². The quantitative estimate of drug-likeness (QED) is 0.712. The number of hydrogen-bond acceptors (Lipinski definition) is 3. The van der Waals surface area contributed by atoms with E-state index in [-0.39, 0.29) is 12.1 Å². The number of benzene rings is 1. The van der Waals surface area contributed by atoms with Crippen molar-refractivity contribution < 1.29 is 9.47 Å². The number of rotatable bonds is 10. The molecule has 1 aromatic rings. The highest BCUT2D eigenvalue weighted by Gasteiger charge is 2.14. The topological polar surface area (TPSA) is 30.5 Å². The zero-order valence-corrected chi connectivity index (χ0v) is 14.2. The molecule has 1 aromatic carbocycles. The fourth-order valence-electron chi connectivity index (χ4n) is 2.40. The van der Waals surface area contributed by atoms with E-state index in [1.165, 1.54) is 16.7 Å². The van der Waals surface area contributed by atoms with E-state index in [0.717, 1.165) is 19.6 Å². The summed E-state index contributed by atoms with van der Waals surface area (Å²) in [6, 6.07) is 6.94. The molecule has 2 unspecified atom stereocenters. The lowest BCUT2D eigenvalue weighted by atomic mass is 10.0. The fraction of sp³-hybridized carbons (Fsp3) is 0.667. The van der Waals surface area contributed by atoms with Crippen LogP contribution in [0.1, 0.15) is 49.9 Å². The first kappa shape index (κ1) is 18.1. The van der Waals surface area contributed by atoms with Crippen LogP contribution < -0.4 is 5.32 Å². The Kier molecular flexibility index (Phi) is 8.58. The average Bonchev–Trinajstić information content (AvgIpc) is 2.44. The predicted octanol–water partition coefficient (Wildman–Crippen LogP) is 3.79. The van der Waals surface area contributed by atoms with Crippen LogP contribution in [0.15, 0.2) is 18.2 Å². The molecular formula is C18H31NO2. The molecule has 2 atom stereocenters. The third-order valence-corrected chi connectivity index (χ3v) is 3.39. The molecule has 1 rings (SSSR count). The van der Waals surface area contributed by atoms with E-state index in [2.05, 4.69) is 51.2 Å². The molecule has 0 amide bonds. The van der Waals surface area contributed by atoms with Gasteiger partial charge in [-0.25, -0.2) is 0 Å². The summed E-state index contributed by atoms with van der Waals surface area (Å²) < 4.78 is 11.4. The molecule has 0 radical (unpaired) electrons. The second-order valence-electron chi connectivity index (χ2n) is 5.73. The summed E-state index contributed by atoms with van der Waals surface area (Å²) in [5.41, 5.74) is 3.91. The number of aryl methyl sites for hydroxylation is 2. The number of ether oxygens (including phenoxy) is 2. The van der Waals surface area contributed by atoms with E-state index < -0.39 is 0 Å². The van der Waals surface area contributed by atoms with Gasteiger partial charge in [0.05, 0.1) is 25.4 Å². The summed E-state index contributed by atoms with van der Waals surface area (Å²) in [4.78, 5) is 0. The van der Waals surface area contributed by atoms with Crippen molar-refractivity contribution in [1.82, 2.24) is 5.32 Å². The minimum Gasteiger partial charge on any atom is -0.379 e. The molecule has 0 fully saturated rings. The van der Waals surface area contributed by atoms with Gasteiger partial charge in [-0.2, -0.15) is 0 Å². The van der Waals surface area contributed by atoms with Crippen molar-refractivity contribution in [2.45, 2.75) is 53.2 Å². The molecule has 3 heteroatoms. The second kappa shape index (κ2) is 9.93. The first-order chi connectivity index (χ1) is 10.1. The molecule has 0 aromatic heterocycles. The van der Waals surface area contributed by atoms with Gasteiger partial charge in [-0.3, -0.25) is 0 Å². The monoisotopic (exact) mass is 293 g/mol. The normalized spacial score (nSPS) is 14.1. The SMILES string of the molecule is CCCNC(COC(C)COCC)c1cc(C)cc(C)c1. The Morgan fingerprint density at radius 1 is 1.05 bits per heavy atom. The van der Waals surface area contributed by atoms with Crippen LogP contribution in [0.2, 0.25) is 0 Å². The second-order valence-corrected chi connectivity index (χ2v) is 5.73. The van der Waals surface area contributed by atoms with E-state index in [4.69, 9.17) is 9.47 Å². The lowest BCUT2D eigenvalue weighted by Crippen LogP contribution is -2.29. The van der Waals surface area contributed by atoms with Gasteiger partial charge in [-0.15, -0.1) is 0 Å². The van der Waals surface area contributed by atoms with Crippen molar-refractivity contribution in [2.24, 2.45) is 0 Å². The molecule has 3 nitrogen and oxygen atoms in total. The highest BCUT2D eigenvalue weighted by atomic mass is 16.5. The molecule has 0 spiro atoms. The van der Waals surface area contributed by atoms with Crippen LogP contribution in [0.4, 0.5) is 0 Å². The van der Waals surface area contributed by atoms with Gasteiger partial charge in [0, 0.05) is 6.61 Å². The summed E-state index contributed by atoms with van der Waals surface area (Å²) in [6.07, 6.45) is 1.25. The van der Waals surface area contributed by atoms with Crippen LogP contribution in [-0.4, -0.2) is 32.5 Å². The Bertz CT molecular complexity index is 386. The molecular weight excluding hydrogens is 262 g/mol. The van der Waals surface area contributed by atoms with Crippen LogP contribution in [0, 0.1) is 13.8 Å². The van der Waals surface area contributed by atoms with Crippen molar-refractivity contribution in [3.63, 3.8) is 0 Å². The van der Waals surface area contributed by atoms with Gasteiger partial charge in [-0.1, -0.05) is 36.2 Å². The van der Waals surface area contributed by atoms with E-state index >= 15 is 0 Å². The molecule has 1 N–H and O–H groups in total. The zero-order valence-electron chi connectivity index (χ0n) is 14.2. The fourth-order valence-corrected chi connectivity index (χ4v) is 2.40. The van der Waals surface area contributed by atoms with Crippen LogP contribution >= 0.6 is 0 Å².